The smallest absolute Gasteiger partial charge is 0.165 e. The topological polar surface area (TPSA) is 68.5 Å². The van der Waals surface area contributed by atoms with E-state index < -0.39 is 0 Å². The van der Waals surface area contributed by atoms with Gasteiger partial charge in [-0.05, 0) is 19.8 Å². The second-order valence-electron chi connectivity index (χ2n) is 7.46. The van der Waals surface area contributed by atoms with Crippen molar-refractivity contribution in [2.75, 3.05) is 5.32 Å². The third-order valence-electron chi connectivity index (χ3n) is 4.31. The van der Waals surface area contributed by atoms with Crippen LogP contribution in [0.15, 0.2) is 18.0 Å². The van der Waals surface area contributed by atoms with Crippen LogP contribution in [0, 0.1) is 0 Å². The molecule has 1 unspecified atom stereocenters. The van der Waals surface area contributed by atoms with E-state index in [1.165, 1.54) is 12.8 Å². The molecule has 1 aliphatic rings. The lowest BCUT2D eigenvalue weighted by atomic mass is 9.93. The molecule has 3 aromatic rings. The maximum Gasteiger partial charge on any atom is 0.165 e. The summed E-state index contributed by atoms with van der Waals surface area (Å²) in [4.78, 5) is 18.1. The van der Waals surface area contributed by atoms with Crippen molar-refractivity contribution >= 4 is 28.3 Å². The molecule has 0 saturated heterocycles. The van der Waals surface area contributed by atoms with Gasteiger partial charge in [-0.2, -0.15) is 0 Å². The molecule has 1 saturated carbocycles. The summed E-state index contributed by atoms with van der Waals surface area (Å²) in [5.74, 6) is 0.777. The highest BCUT2D eigenvalue weighted by Crippen LogP contribution is 2.37. The zero-order chi connectivity index (χ0) is 16.9. The Labute approximate surface area is 145 Å². The summed E-state index contributed by atoms with van der Waals surface area (Å²) in [6, 6.07) is 0.638. The summed E-state index contributed by atoms with van der Waals surface area (Å²) < 4.78 is 2.16. The SMILES string of the molecule is CC(Nc1ncnc2c1ncn2C1CC1)c1nc(C(C)(C)C)cs1. The third kappa shape index (κ3) is 2.77. The summed E-state index contributed by atoms with van der Waals surface area (Å²) in [6.07, 6.45) is 5.92. The van der Waals surface area contributed by atoms with E-state index in [-0.39, 0.29) is 11.5 Å². The Morgan fingerprint density at radius 2 is 2.04 bits per heavy atom. The first kappa shape index (κ1) is 15.5. The summed E-state index contributed by atoms with van der Waals surface area (Å²) >= 11 is 1.69. The standard InChI is InChI=1S/C17H22N6S/c1-10(16-22-12(7-24-16)17(2,3)4)21-14-13-15(19-8-18-14)23(9-20-13)11-5-6-11/h7-11H,5-6H2,1-4H3,(H,18,19,21). The molecule has 7 heteroatoms. The van der Waals surface area contributed by atoms with Gasteiger partial charge in [0.25, 0.3) is 0 Å². The third-order valence-corrected chi connectivity index (χ3v) is 5.34. The van der Waals surface area contributed by atoms with Crippen LogP contribution in [-0.2, 0) is 5.41 Å². The van der Waals surface area contributed by atoms with E-state index in [2.05, 4.69) is 57.9 Å². The molecule has 4 rings (SSSR count). The lowest BCUT2D eigenvalue weighted by molar-refractivity contribution is 0.569. The quantitative estimate of drug-likeness (QED) is 0.773. The number of aromatic nitrogens is 5. The minimum absolute atomic E-state index is 0.0691. The van der Waals surface area contributed by atoms with Gasteiger partial charge in [-0.1, -0.05) is 20.8 Å². The number of rotatable bonds is 4. The fourth-order valence-corrected chi connectivity index (χ4v) is 3.73. The first-order valence-corrected chi connectivity index (χ1v) is 9.21. The Hall–Kier alpha value is -2.02. The Balaban J connectivity index is 1.60. The number of imidazole rings is 1. The number of nitrogens with zero attached hydrogens (tertiary/aromatic N) is 5. The first-order valence-electron chi connectivity index (χ1n) is 8.33. The van der Waals surface area contributed by atoms with Crippen molar-refractivity contribution in [1.82, 2.24) is 24.5 Å². The number of hydrogen-bond donors (Lipinski definition) is 1. The highest BCUT2D eigenvalue weighted by Gasteiger charge is 2.26. The summed E-state index contributed by atoms with van der Waals surface area (Å²) in [7, 11) is 0. The zero-order valence-electron chi connectivity index (χ0n) is 14.4. The van der Waals surface area contributed by atoms with Crippen LogP contribution in [-0.4, -0.2) is 24.5 Å². The van der Waals surface area contributed by atoms with Crippen molar-refractivity contribution in [3.63, 3.8) is 0 Å². The van der Waals surface area contributed by atoms with Crippen LogP contribution >= 0.6 is 11.3 Å². The monoisotopic (exact) mass is 342 g/mol. The summed E-state index contributed by atoms with van der Waals surface area (Å²) in [5.41, 5.74) is 2.95. The number of fused-ring (bicyclic) bond motifs is 1. The molecule has 1 atom stereocenters. The molecule has 1 aliphatic carbocycles. The van der Waals surface area contributed by atoms with Gasteiger partial charge in [-0.3, -0.25) is 0 Å². The molecule has 6 nitrogen and oxygen atoms in total. The summed E-state index contributed by atoms with van der Waals surface area (Å²) in [5, 5.41) is 6.67. The maximum atomic E-state index is 4.79. The minimum Gasteiger partial charge on any atom is -0.359 e. The van der Waals surface area contributed by atoms with Crippen LogP contribution < -0.4 is 5.32 Å². The molecule has 1 fully saturated rings. The molecule has 0 radical (unpaired) electrons. The van der Waals surface area contributed by atoms with E-state index in [1.54, 1.807) is 17.7 Å². The Morgan fingerprint density at radius 1 is 1.25 bits per heavy atom. The number of nitrogens with one attached hydrogen (secondary N) is 1. The van der Waals surface area contributed by atoms with Crippen LogP contribution in [0.3, 0.4) is 0 Å². The normalized spacial score (nSPS) is 16.5. The highest BCUT2D eigenvalue weighted by atomic mass is 32.1. The van der Waals surface area contributed by atoms with Gasteiger partial charge in [0.2, 0.25) is 0 Å². The van der Waals surface area contributed by atoms with E-state index in [1.807, 2.05) is 6.33 Å². The molecule has 126 valence electrons. The van der Waals surface area contributed by atoms with Gasteiger partial charge in [-0.15, -0.1) is 11.3 Å². The van der Waals surface area contributed by atoms with Gasteiger partial charge in [0, 0.05) is 16.8 Å². The van der Waals surface area contributed by atoms with Crippen molar-refractivity contribution in [1.29, 1.82) is 0 Å². The number of thiazole rings is 1. The second-order valence-corrected chi connectivity index (χ2v) is 8.35. The van der Waals surface area contributed by atoms with E-state index >= 15 is 0 Å². The van der Waals surface area contributed by atoms with Crippen LogP contribution in [0.1, 0.15) is 63.3 Å². The predicted octanol–water partition coefficient (Wildman–Crippen LogP) is 4.09. The van der Waals surface area contributed by atoms with Gasteiger partial charge in [0.1, 0.15) is 16.9 Å². The fraction of sp³-hybridized carbons (Fsp3) is 0.529. The average molecular weight is 342 g/mol. The van der Waals surface area contributed by atoms with Crippen molar-refractivity contribution in [2.45, 2.75) is 58.0 Å². The summed E-state index contributed by atoms with van der Waals surface area (Å²) in [6.45, 7) is 8.66. The van der Waals surface area contributed by atoms with E-state index in [0.717, 1.165) is 27.7 Å². The van der Waals surface area contributed by atoms with Crippen LogP contribution in [0.4, 0.5) is 5.82 Å². The van der Waals surface area contributed by atoms with Gasteiger partial charge in [0.05, 0.1) is 18.1 Å². The Bertz CT molecular complexity index is 871. The molecule has 24 heavy (non-hydrogen) atoms. The van der Waals surface area contributed by atoms with Crippen LogP contribution in [0.5, 0.6) is 0 Å². The molecule has 0 spiro atoms. The molecule has 3 heterocycles. The van der Waals surface area contributed by atoms with Gasteiger partial charge < -0.3 is 9.88 Å². The highest BCUT2D eigenvalue weighted by molar-refractivity contribution is 7.09. The number of hydrogen-bond acceptors (Lipinski definition) is 6. The van der Waals surface area contributed by atoms with E-state index in [9.17, 15) is 0 Å². The molecule has 0 aliphatic heterocycles. The largest absolute Gasteiger partial charge is 0.359 e. The lowest BCUT2D eigenvalue weighted by Crippen LogP contribution is -2.13. The molecule has 0 bridgehead atoms. The molecule has 0 aromatic carbocycles. The first-order chi connectivity index (χ1) is 11.4. The lowest BCUT2D eigenvalue weighted by Gasteiger charge is -2.15. The minimum atomic E-state index is 0.0691. The van der Waals surface area contributed by atoms with Crippen LogP contribution in [0.25, 0.3) is 11.2 Å². The Kier molecular flexibility index (Phi) is 3.56. The maximum absolute atomic E-state index is 4.79. The second kappa shape index (κ2) is 5.51. The van der Waals surface area contributed by atoms with Gasteiger partial charge in [-0.25, -0.2) is 19.9 Å². The molecule has 1 N–H and O–H groups in total. The predicted molar refractivity (Wildman–Crippen MR) is 96.4 cm³/mol. The van der Waals surface area contributed by atoms with Gasteiger partial charge in [0.15, 0.2) is 11.5 Å². The average Bonchev–Trinajstić information content (AvgIpc) is 3.08. The van der Waals surface area contributed by atoms with Crippen molar-refractivity contribution < 1.29 is 0 Å². The molecule has 3 aromatic heterocycles. The van der Waals surface area contributed by atoms with E-state index in [4.69, 9.17) is 4.98 Å². The number of anilines is 1. The zero-order valence-corrected chi connectivity index (χ0v) is 15.3. The molecular formula is C17H22N6S. The van der Waals surface area contributed by atoms with E-state index in [0.29, 0.717) is 6.04 Å². The van der Waals surface area contributed by atoms with Crippen LogP contribution in [0.2, 0.25) is 0 Å². The Morgan fingerprint density at radius 3 is 2.71 bits per heavy atom. The van der Waals surface area contributed by atoms with Crippen molar-refractivity contribution in [2.24, 2.45) is 0 Å². The van der Waals surface area contributed by atoms with Crippen molar-refractivity contribution in [3.05, 3.63) is 28.7 Å². The molecule has 0 amide bonds. The van der Waals surface area contributed by atoms with Gasteiger partial charge >= 0.3 is 0 Å². The van der Waals surface area contributed by atoms with Crippen molar-refractivity contribution in [3.8, 4) is 0 Å². The molecular weight excluding hydrogens is 320 g/mol. The fourth-order valence-electron chi connectivity index (χ4n) is 2.68.